The van der Waals surface area contributed by atoms with Crippen molar-refractivity contribution in [3.8, 4) is 0 Å². The van der Waals surface area contributed by atoms with Gasteiger partial charge in [-0.1, -0.05) is 6.92 Å². The van der Waals surface area contributed by atoms with Crippen LogP contribution < -0.4 is 10.5 Å². The topological polar surface area (TPSA) is 69.2 Å². The summed E-state index contributed by atoms with van der Waals surface area (Å²) in [6.07, 6.45) is 4.33. The van der Waals surface area contributed by atoms with E-state index in [-0.39, 0.29) is 11.7 Å². The van der Waals surface area contributed by atoms with Gasteiger partial charge < -0.3 is 15.0 Å². The molecule has 5 nitrogen and oxygen atoms in total. The van der Waals surface area contributed by atoms with Gasteiger partial charge in [0.15, 0.2) is 0 Å². The molecule has 2 N–H and O–H groups in total. The van der Waals surface area contributed by atoms with E-state index in [1.807, 2.05) is 6.92 Å². The number of hydrogen-bond acceptors (Lipinski definition) is 4. The van der Waals surface area contributed by atoms with Crippen LogP contribution in [0.2, 0.25) is 0 Å². The van der Waals surface area contributed by atoms with E-state index in [0.717, 1.165) is 43.7 Å². The molecule has 98 valence electrons. The molecule has 2 fully saturated rings. The molecule has 3 rings (SSSR count). The van der Waals surface area contributed by atoms with Gasteiger partial charge in [-0.25, -0.2) is 4.98 Å². The number of fused-ring (bicyclic) bond motifs is 2. The molecule has 0 aromatic carbocycles. The summed E-state index contributed by atoms with van der Waals surface area (Å²) in [5.41, 5.74) is -0.0811. The minimum atomic E-state index is -0.189. The van der Waals surface area contributed by atoms with Crippen LogP contribution in [0.1, 0.15) is 38.4 Å². The van der Waals surface area contributed by atoms with Crippen molar-refractivity contribution < 1.29 is 5.11 Å². The van der Waals surface area contributed by atoms with Crippen molar-refractivity contribution in [1.29, 1.82) is 0 Å². The standard InChI is InChI=1S/C13H19N3O2/c1-2-11-14-12(7-13(18)15-11)16-8-3-4-9(16)6-10(17)5-8/h7-10,17H,2-6H2,1H3,(H,14,15,18). The Morgan fingerprint density at radius 3 is 2.72 bits per heavy atom. The minimum Gasteiger partial charge on any atom is -0.393 e. The summed E-state index contributed by atoms with van der Waals surface area (Å²) in [6, 6.07) is 2.28. The summed E-state index contributed by atoms with van der Waals surface area (Å²) in [6.45, 7) is 1.98. The lowest BCUT2D eigenvalue weighted by Crippen LogP contribution is -2.45. The predicted octanol–water partition coefficient (Wildman–Crippen LogP) is 0.824. The summed E-state index contributed by atoms with van der Waals surface area (Å²) in [7, 11) is 0. The molecule has 2 aliphatic heterocycles. The Hall–Kier alpha value is -1.36. The molecular weight excluding hydrogens is 230 g/mol. The molecule has 0 spiro atoms. The first-order valence-electron chi connectivity index (χ1n) is 6.74. The number of aryl methyl sites for hydroxylation is 1. The summed E-state index contributed by atoms with van der Waals surface area (Å²) < 4.78 is 0. The van der Waals surface area contributed by atoms with E-state index in [0.29, 0.717) is 12.1 Å². The second-order valence-electron chi connectivity index (χ2n) is 5.32. The zero-order chi connectivity index (χ0) is 12.7. The van der Waals surface area contributed by atoms with Crippen LogP contribution in [0.4, 0.5) is 5.82 Å². The summed E-state index contributed by atoms with van der Waals surface area (Å²) in [4.78, 5) is 21.2. The molecule has 3 heterocycles. The van der Waals surface area contributed by atoms with Gasteiger partial charge in [0, 0.05) is 24.6 Å². The average molecular weight is 249 g/mol. The number of nitrogens with one attached hydrogen (secondary N) is 1. The molecular formula is C13H19N3O2. The first kappa shape index (κ1) is 11.7. The zero-order valence-corrected chi connectivity index (χ0v) is 10.6. The van der Waals surface area contributed by atoms with Crippen LogP contribution in [-0.2, 0) is 6.42 Å². The number of aromatic amines is 1. The summed E-state index contributed by atoms with van der Waals surface area (Å²) in [5.74, 6) is 1.53. The van der Waals surface area contributed by atoms with Gasteiger partial charge in [0.2, 0.25) is 0 Å². The summed E-state index contributed by atoms with van der Waals surface area (Å²) >= 11 is 0. The van der Waals surface area contributed by atoms with Crippen LogP contribution in [-0.4, -0.2) is 33.3 Å². The second kappa shape index (κ2) is 4.39. The molecule has 0 saturated carbocycles. The maximum atomic E-state index is 11.6. The number of nitrogens with zero attached hydrogens (tertiary/aromatic N) is 2. The largest absolute Gasteiger partial charge is 0.393 e. The van der Waals surface area contributed by atoms with E-state index < -0.39 is 0 Å². The fraction of sp³-hybridized carbons (Fsp3) is 0.692. The van der Waals surface area contributed by atoms with E-state index in [2.05, 4.69) is 14.9 Å². The number of piperidine rings is 1. The normalized spacial score (nSPS) is 30.8. The minimum absolute atomic E-state index is 0.0811. The van der Waals surface area contributed by atoms with Crippen LogP contribution in [0, 0.1) is 0 Å². The van der Waals surface area contributed by atoms with Gasteiger partial charge in [0.05, 0.1) is 6.10 Å². The maximum Gasteiger partial charge on any atom is 0.252 e. The first-order valence-corrected chi connectivity index (χ1v) is 6.74. The molecule has 1 aromatic rings. The van der Waals surface area contributed by atoms with Gasteiger partial charge in [0.1, 0.15) is 11.6 Å². The molecule has 5 heteroatoms. The third kappa shape index (κ3) is 1.92. The molecule has 2 atom stereocenters. The molecule has 2 bridgehead atoms. The maximum absolute atomic E-state index is 11.6. The van der Waals surface area contributed by atoms with E-state index in [4.69, 9.17) is 0 Å². The Balaban J connectivity index is 1.96. The van der Waals surface area contributed by atoms with Crippen molar-refractivity contribution in [2.24, 2.45) is 0 Å². The van der Waals surface area contributed by atoms with Crippen LogP contribution in [0.3, 0.4) is 0 Å². The Labute approximate surface area is 106 Å². The van der Waals surface area contributed by atoms with Gasteiger partial charge in [-0.05, 0) is 25.7 Å². The van der Waals surface area contributed by atoms with Crippen molar-refractivity contribution >= 4 is 5.82 Å². The van der Waals surface area contributed by atoms with E-state index >= 15 is 0 Å². The molecule has 18 heavy (non-hydrogen) atoms. The van der Waals surface area contributed by atoms with Crippen molar-refractivity contribution in [3.05, 3.63) is 22.2 Å². The molecule has 0 aliphatic carbocycles. The Morgan fingerprint density at radius 2 is 2.11 bits per heavy atom. The lowest BCUT2D eigenvalue weighted by atomic mass is 10.00. The fourth-order valence-electron chi connectivity index (χ4n) is 3.32. The zero-order valence-electron chi connectivity index (χ0n) is 10.6. The molecule has 0 amide bonds. The Morgan fingerprint density at radius 1 is 1.44 bits per heavy atom. The highest BCUT2D eigenvalue weighted by molar-refractivity contribution is 5.43. The Bertz CT molecular complexity index is 485. The molecule has 0 radical (unpaired) electrons. The summed E-state index contributed by atoms with van der Waals surface area (Å²) in [5, 5.41) is 9.80. The van der Waals surface area contributed by atoms with E-state index in [9.17, 15) is 9.90 Å². The second-order valence-corrected chi connectivity index (χ2v) is 5.32. The van der Waals surface area contributed by atoms with Gasteiger partial charge in [-0.2, -0.15) is 0 Å². The van der Waals surface area contributed by atoms with Gasteiger partial charge in [-0.3, -0.25) is 4.79 Å². The van der Waals surface area contributed by atoms with Gasteiger partial charge in [0.25, 0.3) is 5.56 Å². The van der Waals surface area contributed by atoms with Crippen LogP contribution in [0.15, 0.2) is 10.9 Å². The Kier molecular flexibility index (Phi) is 2.86. The highest BCUT2D eigenvalue weighted by atomic mass is 16.3. The molecule has 2 unspecified atom stereocenters. The van der Waals surface area contributed by atoms with E-state index in [1.165, 1.54) is 0 Å². The SMILES string of the molecule is CCc1nc(N2C3CCC2CC(O)C3)cc(=O)[nH]1. The van der Waals surface area contributed by atoms with E-state index in [1.54, 1.807) is 6.07 Å². The van der Waals surface area contributed by atoms with Crippen molar-refractivity contribution in [1.82, 2.24) is 9.97 Å². The van der Waals surface area contributed by atoms with Gasteiger partial charge >= 0.3 is 0 Å². The lowest BCUT2D eigenvalue weighted by molar-refractivity contribution is 0.126. The van der Waals surface area contributed by atoms with Crippen molar-refractivity contribution in [3.63, 3.8) is 0 Å². The number of aromatic nitrogens is 2. The average Bonchev–Trinajstić information content (AvgIpc) is 2.61. The number of anilines is 1. The third-order valence-electron chi connectivity index (χ3n) is 4.08. The van der Waals surface area contributed by atoms with Crippen molar-refractivity contribution in [2.45, 2.75) is 57.2 Å². The number of rotatable bonds is 2. The first-order chi connectivity index (χ1) is 8.67. The van der Waals surface area contributed by atoms with Gasteiger partial charge in [-0.15, -0.1) is 0 Å². The van der Waals surface area contributed by atoms with Crippen molar-refractivity contribution in [2.75, 3.05) is 4.90 Å². The highest BCUT2D eigenvalue weighted by Gasteiger charge is 2.40. The number of H-pyrrole nitrogens is 1. The molecule has 2 aliphatic rings. The molecule has 2 saturated heterocycles. The smallest absolute Gasteiger partial charge is 0.252 e. The number of aliphatic hydroxyl groups is 1. The van der Waals surface area contributed by atoms with Crippen LogP contribution in [0.25, 0.3) is 0 Å². The molecule has 1 aromatic heterocycles. The number of aliphatic hydroxyl groups excluding tert-OH is 1. The third-order valence-corrected chi connectivity index (χ3v) is 4.08. The quantitative estimate of drug-likeness (QED) is 0.814. The highest BCUT2D eigenvalue weighted by Crippen LogP contribution is 2.38. The lowest BCUT2D eigenvalue weighted by Gasteiger charge is -2.38. The monoisotopic (exact) mass is 249 g/mol. The number of hydrogen-bond donors (Lipinski definition) is 2. The predicted molar refractivity (Wildman–Crippen MR) is 68.8 cm³/mol. The van der Waals surface area contributed by atoms with Crippen LogP contribution >= 0.6 is 0 Å². The fourth-order valence-corrected chi connectivity index (χ4v) is 3.32. The van der Waals surface area contributed by atoms with Crippen LogP contribution in [0.5, 0.6) is 0 Å².